The highest BCUT2D eigenvalue weighted by Crippen LogP contribution is 2.04. The van der Waals surface area contributed by atoms with Crippen LogP contribution in [0.25, 0.3) is 0 Å². The van der Waals surface area contributed by atoms with Crippen LogP contribution >= 0.6 is 0 Å². The van der Waals surface area contributed by atoms with Gasteiger partial charge in [0.1, 0.15) is 6.61 Å². The molecule has 0 unspecified atom stereocenters. The number of hydrogen-bond acceptors (Lipinski definition) is 4. The maximum Gasteiger partial charge on any atom is 0.408 e. The number of amides is 1. The average Bonchev–Trinajstić information content (AvgIpc) is 2.42. The maximum absolute atomic E-state index is 11.6. The molecule has 0 saturated heterocycles. The number of carbonyl (C=O) groups excluding carboxylic acids is 1. The molecule has 1 aromatic carbocycles. The summed E-state index contributed by atoms with van der Waals surface area (Å²) < 4.78 is 5.06. The molecule has 104 valence electrons. The third-order valence-electron chi connectivity index (χ3n) is 2.59. The Morgan fingerprint density at radius 1 is 1.42 bits per heavy atom. The van der Waals surface area contributed by atoms with E-state index in [1.807, 2.05) is 44.2 Å². The van der Waals surface area contributed by atoms with E-state index in [4.69, 9.17) is 15.7 Å². The van der Waals surface area contributed by atoms with Crippen molar-refractivity contribution in [1.29, 1.82) is 0 Å². The van der Waals surface area contributed by atoms with Gasteiger partial charge in [-0.3, -0.25) is 0 Å². The Balaban J connectivity index is 2.50. The van der Waals surface area contributed by atoms with Crippen molar-refractivity contribution in [2.45, 2.75) is 26.5 Å². The van der Waals surface area contributed by atoms with E-state index < -0.39 is 12.1 Å². The minimum atomic E-state index is -0.603. The van der Waals surface area contributed by atoms with Gasteiger partial charge in [0.15, 0.2) is 5.84 Å². The Hall–Kier alpha value is -2.24. The number of nitrogens with two attached hydrogens (primary N) is 1. The number of ether oxygens (including phenoxy) is 1. The number of carbonyl (C=O) groups is 1. The number of nitrogens with zero attached hydrogens (tertiary/aromatic N) is 1. The number of oxime groups is 1. The zero-order chi connectivity index (χ0) is 14.3. The zero-order valence-corrected chi connectivity index (χ0v) is 11.0. The first-order valence-electron chi connectivity index (χ1n) is 5.99. The van der Waals surface area contributed by atoms with Gasteiger partial charge >= 0.3 is 6.09 Å². The second-order valence-electron chi connectivity index (χ2n) is 4.45. The number of rotatable bonds is 5. The lowest BCUT2D eigenvalue weighted by atomic mass is 10.0. The number of benzene rings is 1. The van der Waals surface area contributed by atoms with E-state index in [-0.39, 0.29) is 18.4 Å². The van der Waals surface area contributed by atoms with Crippen LogP contribution in [0.15, 0.2) is 35.5 Å². The van der Waals surface area contributed by atoms with Crippen molar-refractivity contribution in [3.05, 3.63) is 35.9 Å². The van der Waals surface area contributed by atoms with Crippen molar-refractivity contribution in [3.63, 3.8) is 0 Å². The second-order valence-corrected chi connectivity index (χ2v) is 4.45. The Bertz CT molecular complexity index is 432. The molecule has 0 aliphatic rings. The summed E-state index contributed by atoms with van der Waals surface area (Å²) in [5, 5.41) is 14.1. The molecule has 1 atom stereocenters. The quantitative estimate of drug-likeness (QED) is 0.326. The van der Waals surface area contributed by atoms with Crippen LogP contribution in [0.2, 0.25) is 0 Å². The topological polar surface area (TPSA) is 96.9 Å². The SMILES string of the molecule is CC(C)[C@H](NC(=O)OCc1ccccc1)/C(N)=N/O. The van der Waals surface area contributed by atoms with Crippen molar-refractivity contribution >= 4 is 11.9 Å². The van der Waals surface area contributed by atoms with E-state index in [9.17, 15) is 4.79 Å². The molecule has 4 N–H and O–H groups in total. The van der Waals surface area contributed by atoms with Gasteiger partial charge in [0, 0.05) is 0 Å². The smallest absolute Gasteiger partial charge is 0.408 e. The first-order valence-corrected chi connectivity index (χ1v) is 5.99. The lowest BCUT2D eigenvalue weighted by Crippen LogP contribution is -2.48. The Kier molecular flexibility index (Phi) is 5.66. The standard InChI is InChI=1S/C13H19N3O3/c1-9(2)11(12(14)16-18)15-13(17)19-8-10-6-4-3-5-7-10/h3-7,9,11,18H,8H2,1-2H3,(H2,14,16)(H,15,17)/t11-/m0/s1. The molecule has 0 radical (unpaired) electrons. The van der Waals surface area contributed by atoms with Gasteiger partial charge in [-0.1, -0.05) is 49.3 Å². The molecule has 6 nitrogen and oxygen atoms in total. The molecule has 1 aromatic rings. The minimum Gasteiger partial charge on any atom is -0.445 e. The van der Waals surface area contributed by atoms with Crippen molar-refractivity contribution in [3.8, 4) is 0 Å². The van der Waals surface area contributed by atoms with Crippen molar-refractivity contribution < 1.29 is 14.7 Å². The van der Waals surface area contributed by atoms with E-state index >= 15 is 0 Å². The van der Waals surface area contributed by atoms with E-state index in [1.54, 1.807) is 0 Å². The number of nitrogens with one attached hydrogen (secondary N) is 1. The fourth-order valence-electron chi connectivity index (χ4n) is 1.54. The lowest BCUT2D eigenvalue weighted by molar-refractivity contribution is 0.136. The van der Waals surface area contributed by atoms with Gasteiger partial charge in [-0.05, 0) is 11.5 Å². The van der Waals surface area contributed by atoms with Gasteiger partial charge in [-0.25, -0.2) is 4.79 Å². The third kappa shape index (κ3) is 4.87. The predicted octanol–water partition coefficient (Wildman–Crippen LogP) is 1.68. The van der Waals surface area contributed by atoms with Gasteiger partial charge in [0.25, 0.3) is 0 Å². The fourth-order valence-corrected chi connectivity index (χ4v) is 1.54. The lowest BCUT2D eigenvalue weighted by Gasteiger charge is -2.20. The number of hydrogen-bond donors (Lipinski definition) is 3. The Labute approximate surface area is 112 Å². The normalized spacial score (nSPS) is 13.1. The van der Waals surface area contributed by atoms with Crippen LogP contribution in [-0.2, 0) is 11.3 Å². The highest BCUT2D eigenvalue weighted by molar-refractivity contribution is 5.88. The zero-order valence-electron chi connectivity index (χ0n) is 11.0. The molecule has 0 heterocycles. The summed E-state index contributed by atoms with van der Waals surface area (Å²) in [6.07, 6.45) is -0.603. The molecule has 0 aromatic heterocycles. The molecule has 6 heteroatoms. The predicted molar refractivity (Wildman–Crippen MR) is 71.8 cm³/mol. The summed E-state index contributed by atoms with van der Waals surface area (Å²) in [6, 6.07) is 8.77. The maximum atomic E-state index is 11.6. The fraction of sp³-hybridized carbons (Fsp3) is 0.385. The third-order valence-corrected chi connectivity index (χ3v) is 2.59. The number of alkyl carbamates (subject to hydrolysis) is 1. The van der Waals surface area contributed by atoms with E-state index in [2.05, 4.69) is 10.5 Å². The molecule has 0 saturated carbocycles. The van der Waals surface area contributed by atoms with E-state index in [1.165, 1.54) is 0 Å². The van der Waals surface area contributed by atoms with Crippen LogP contribution < -0.4 is 11.1 Å². The van der Waals surface area contributed by atoms with Crippen molar-refractivity contribution in [2.75, 3.05) is 0 Å². The van der Waals surface area contributed by atoms with Crippen LogP contribution in [0.3, 0.4) is 0 Å². The van der Waals surface area contributed by atoms with E-state index in [0.29, 0.717) is 0 Å². The summed E-state index contributed by atoms with van der Waals surface area (Å²) in [4.78, 5) is 11.6. The van der Waals surface area contributed by atoms with Crippen LogP contribution in [0.1, 0.15) is 19.4 Å². The van der Waals surface area contributed by atoms with Crippen LogP contribution in [0.4, 0.5) is 4.79 Å². The van der Waals surface area contributed by atoms with Crippen LogP contribution in [-0.4, -0.2) is 23.2 Å². The molecule has 0 spiro atoms. The summed E-state index contributed by atoms with van der Waals surface area (Å²) in [6.45, 7) is 3.87. The van der Waals surface area contributed by atoms with Gasteiger partial charge < -0.3 is 21.0 Å². The first kappa shape index (κ1) is 14.8. The molecular formula is C13H19N3O3. The molecular weight excluding hydrogens is 246 g/mol. The molecule has 0 bridgehead atoms. The van der Waals surface area contributed by atoms with Gasteiger partial charge in [-0.15, -0.1) is 0 Å². The van der Waals surface area contributed by atoms with Crippen LogP contribution in [0, 0.1) is 5.92 Å². The molecule has 0 aliphatic heterocycles. The Morgan fingerprint density at radius 2 is 2.05 bits per heavy atom. The summed E-state index contributed by atoms with van der Waals surface area (Å²) in [5.41, 5.74) is 6.39. The minimum absolute atomic E-state index is 0.0137. The summed E-state index contributed by atoms with van der Waals surface area (Å²) in [5.74, 6) is -0.0631. The molecule has 1 rings (SSSR count). The largest absolute Gasteiger partial charge is 0.445 e. The van der Waals surface area contributed by atoms with Crippen molar-refractivity contribution in [2.24, 2.45) is 16.8 Å². The van der Waals surface area contributed by atoms with Gasteiger partial charge in [0.2, 0.25) is 0 Å². The molecule has 1 amide bonds. The Morgan fingerprint density at radius 3 is 2.58 bits per heavy atom. The van der Waals surface area contributed by atoms with Gasteiger partial charge in [-0.2, -0.15) is 0 Å². The summed E-state index contributed by atoms with van der Waals surface area (Å²) >= 11 is 0. The van der Waals surface area contributed by atoms with Crippen LogP contribution in [0.5, 0.6) is 0 Å². The second kappa shape index (κ2) is 7.25. The first-order chi connectivity index (χ1) is 9.04. The molecule has 0 fully saturated rings. The monoisotopic (exact) mass is 265 g/mol. The average molecular weight is 265 g/mol. The molecule has 0 aliphatic carbocycles. The molecule has 19 heavy (non-hydrogen) atoms. The summed E-state index contributed by atoms with van der Waals surface area (Å²) in [7, 11) is 0. The highest BCUT2D eigenvalue weighted by Gasteiger charge is 2.21. The van der Waals surface area contributed by atoms with E-state index in [0.717, 1.165) is 5.56 Å². The highest BCUT2D eigenvalue weighted by atomic mass is 16.5. The van der Waals surface area contributed by atoms with Gasteiger partial charge in [0.05, 0.1) is 6.04 Å². The van der Waals surface area contributed by atoms with Crippen molar-refractivity contribution in [1.82, 2.24) is 5.32 Å². The number of amidine groups is 1.